The van der Waals surface area contributed by atoms with Gasteiger partial charge in [-0.05, 0) is 38.1 Å². The van der Waals surface area contributed by atoms with Gasteiger partial charge in [0, 0.05) is 18.6 Å². The predicted molar refractivity (Wildman–Crippen MR) is 93.1 cm³/mol. The quantitative estimate of drug-likeness (QED) is 0.576. The van der Waals surface area contributed by atoms with Crippen LogP contribution in [0.3, 0.4) is 0 Å². The number of para-hydroxylation sites is 1. The van der Waals surface area contributed by atoms with Crippen LogP contribution in [0.1, 0.15) is 25.1 Å². The highest BCUT2D eigenvalue weighted by Gasteiger charge is 2.18. The van der Waals surface area contributed by atoms with Crippen LogP contribution < -0.4 is 0 Å². The Morgan fingerprint density at radius 1 is 1.09 bits per heavy atom. The van der Waals surface area contributed by atoms with E-state index in [1.54, 1.807) is 18.9 Å². The molecule has 1 aliphatic heterocycles. The van der Waals surface area contributed by atoms with Crippen LogP contribution in [0.4, 0.5) is 0 Å². The largest absolute Gasteiger partial charge is 0.384 e. The predicted octanol–water partition coefficient (Wildman–Crippen LogP) is 2.99. The summed E-state index contributed by atoms with van der Waals surface area (Å²) in [6.45, 7) is 3.90. The van der Waals surface area contributed by atoms with Crippen molar-refractivity contribution in [3.63, 3.8) is 0 Å². The zero-order valence-corrected chi connectivity index (χ0v) is 14.5. The molecule has 6 heteroatoms. The Morgan fingerprint density at radius 3 is 2.61 bits per heavy atom. The van der Waals surface area contributed by atoms with Crippen molar-refractivity contribution in [2.45, 2.75) is 31.0 Å². The van der Waals surface area contributed by atoms with Crippen LogP contribution in [0.15, 0.2) is 35.5 Å². The number of rotatable bonds is 7. The Hall–Kier alpha value is -1.37. The molecular formula is C17H24N4OS. The molecule has 0 spiro atoms. The Labute approximate surface area is 142 Å². The van der Waals surface area contributed by atoms with E-state index >= 15 is 0 Å². The third-order valence-electron chi connectivity index (χ3n) is 4.05. The van der Waals surface area contributed by atoms with Gasteiger partial charge >= 0.3 is 0 Å². The number of benzene rings is 1. The van der Waals surface area contributed by atoms with Gasteiger partial charge in [-0.25, -0.2) is 0 Å². The van der Waals surface area contributed by atoms with E-state index in [2.05, 4.69) is 43.9 Å². The number of nitrogens with zero attached hydrogens (tertiary/aromatic N) is 4. The van der Waals surface area contributed by atoms with Gasteiger partial charge in [0.1, 0.15) is 0 Å². The Bertz CT molecular complexity index is 596. The topological polar surface area (TPSA) is 43.2 Å². The maximum atomic E-state index is 5.15. The third kappa shape index (κ3) is 4.34. The SMILES string of the molecule is COCCSc1nnc(CN2CCCCC2)n1-c1ccccc1. The van der Waals surface area contributed by atoms with Crippen molar-refractivity contribution in [3.8, 4) is 5.69 Å². The molecule has 3 rings (SSSR count). The number of ether oxygens (including phenoxy) is 1. The molecule has 0 aliphatic carbocycles. The van der Waals surface area contributed by atoms with Crippen LogP contribution in [0.2, 0.25) is 0 Å². The number of methoxy groups -OCH3 is 1. The Morgan fingerprint density at radius 2 is 1.87 bits per heavy atom. The summed E-state index contributed by atoms with van der Waals surface area (Å²) in [5.41, 5.74) is 1.13. The molecule has 1 aliphatic rings. The number of thioether (sulfide) groups is 1. The van der Waals surface area contributed by atoms with E-state index in [4.69, 9.17) is 4.74 Å². The number of piperidine rings is 1. The minimum atomic E-state index is 0.716. The van der Waals surface area contributed by atoms with Crippen LogP contribution in [0, 0.1) is 0 Å². The molecule has 23 heavy (non-hydrogen) atoms. The lowest BCUT2D eigenvalue weighted by Gasteiger charge is -2.26. The second-order valence-corrected chi connectivity index (χ2v) is 6.81. The molecule has 2 aromatic rings. The van der Waals surface area contributed by atoms with Crippen LogP contribution in [-0.2, 0) is 11.3 Å². The van der Waals surface area contributed by atoms with Gasteiger partial charge in [0.2, 0.25) is 0 Å². The molecule has 1 aromatic carbocycles. The lowest BCUT2D eigenvalue weighted by molar-refractivity contribution is 0.214. The molecule has 5 nitrogen and oxygen atoms in total. The van der Waals surface area contributed by atoms with Gasteiger partial charge in [0.05, 0.1) is 13.2 Å². The van der Waals surface area contributed by atoms with Crippen molar-refractivity contribution in [2.24, 2.45) is 0 Å². The molecule has 0 unspecified atom stereocenters. The van der Waals surface area contributed by atoms with E-state index in [-0.39, 0.29) is 0 Å². The summed E-state index contributed by atoms with van der Waals surface area (Å²) in [6, 6.07) is 10.4. The van der Waals surface area contributed by atoms with Crippen LogP contribution in [-0.4, -0.2) is 52.2 Å². The van der Waals surface area contributed by atoms with Crippen molar-refractivity contribution in [1.29, 1.82) is 0 Å². The molecule has 1 fully saturated rings. The highest BCUT2D eigenvalue weighted by Crippen LogP contribution is 2.23. The smallest absolute Gasteiger partial charge is 0.195 e. The van der Waals surface area contributed by atoms with E-state index in [0.29, 0.717) is 6.61 Å². The summed E-state index contributed by atoms with van der Waals surface area (Å²) < 4.78 is 7.34. The fourth-order valence-electron chi connectivity index (χ4n) is 2.87. The summed E-state index contributed by atoms with van der Waals surface area (Å²) >= 11 is 1.70. The van der Waals surface area contributed by atoms with Gasteiger partial charge in [-0.15, -0.1) is 10.2 Å². The molecule has 124 valence electrons. The first-order chi connectivity index (χ1) is 11.4. The maximum absolute atomic E-state index is 5.15. The monoisotopic (exact) mass is 332 g/mol. The summed E-state index contributed by atoms with van der Waals surface area (Å²) in [5.74, 6) is 1.91. The first-order valence-electron chi connectivity index (χ1n) is 8.22. The number of likely N-dealkylation sites (tertiary alicyclic amines) is 1. The molecule has 0 atom stereocenters. The van der Waals surface area contributed by atoms with Gasteiger partial charge in [-0.3, -0.25) is 9.47 Å². The van der Waals surface area contributed by atoms with E-state index in [1.807, 2.05) is 6.07 Å². The molecule has 1 saturated heterocycles. The lowest BCUT2D eigenvalue weighted by atomic mass is 10.1. The van der Waals surface area contributed by atoms with Crippen molar-refractivity contribution in [2.75, 3.05) is 32.6 Å². The minimum absolute atomic E-state index is 0.716. The van der Waals surface area contributed by atoms with Gasteiger partial charge in [-0.2, -0.15) is 0 Å². The summed E-state index contributed by atoms with van der Waals surface area (Å²) in [5, 5.41) is 9.84. The van der Waals surface area contributed by atoms with Crippen molar-refractivity contribution in [3.05, 3.63) is 36.2 Å². The number of hydrogen-bond acceptors (Lipinski definition) is 5. The van der Waals surface area contributed by atoms with E-state index in [9.17, 15) is 0 Å². The van der Waals surface area contributed by atoms with Gasteiger partial charge in [0.15, 0.2) is 11.0 Å². The lowest BCUT2D eigenvalue weighted by Crippen LogP contribution is -2.30. The maximum Gasteiger partial charge on any atom is 0.195 e. The third-order valence-corrected chi connectivity index (χ3v) is 4.94. The summed E-state index contributed by atoms with van der Waals surface area (Å²) in [4.78, 5) is 2.48. The Balaban J connectivity index is 1.83. The van der Waals surface area contributed by atoms with Gasteiger partial charge < -0.3 is 4.74 Å². The highest BCUT2D eigenvalue weighted by molar-refractivity contribution is 7.99. The fourth-order valence-corrected chi connectivity index (χ4v) is 3.74. The van der Waals surface area contributed by atoms with E-state index < -0.39 is 0 Å². The molecule has 0 radical (unpaired) electrons. The second-order valence-electron chi connectivity index (χ2n) is 5.75. The number of aromatic nitrogens is 3. The molecule has 0 saturated carbocycles. The standard InChI is InChI=1S/C17H24N4OS/c1-22-12-13-23-17-19-18-16(14-20-10-6-3-7-11-20)21(17)15-8-4-2-5-9-15/h2,4-5,8-9H,3,6-7,10-14H2,1H3. The molecular weight excluding hydrogens is 308 g/mol. The van der Waals surface area contributed by atoms with Crippen molar-refractivity contribution in [1.82, 2.24) is 19.7 Å². The van der Waals surface area contributed by atoms with Gasteiger partial charge in [-0.1, -0.05) is 36.4 Å². The fraction of sp³-hybridized carbons (Fsp3) is 0.529. The second kappa shape index (κ2) is 8.47. The van der Waals surface area contributed by atoms with Crippen LogP contribution >= 0.6 is 11.8 Å². The molecule has 0 N–H and O–H groups in total. The van der Waals surface area contributed by atoms with Crippen molar-refractivity contribution >= 4 is 11.8 Å². The Kier molecular flexibility index (Phi) is 6.07. The highest BCUT2D eigenvalue weighted by atomic mass is 32.2. The van der Waals surface area contributed by atoms with E-state index in [0.717, 1.165) is 42.1 Å². The average Bonchev–Trinajstić information content (AvgIpc) is 2.99. The zero-order chi connectivity index (χ0) is 15.9. The molecule has 0 amide bonds. The average molecular weight is 332 g/mol. The summed E-state index contributed by atoms with van der Waals surface area (Å²) in [7, 11) is 1.73. The summed E-state index contributed by atoms with van der Waals surface area (Å²) in [6.07, 6.45) is 3.92. The normalized spacial score (nSPS) is 15.9. The first-order valence-corrected chi connectivity index (χ1v) is 9.21. The molecule has 0 bridgehead atoms. The first kappa shape index (κ1) is 16.5. The minimum Gasteiger partial charge on any atom is -0.384 e. The van der Waals surface area contributed by atoms with Crippen LogP contribution in [0.5, 0.6) is 0 Å². The van der Waals surface area contributed by atoms with Crippen molar-refractivity contribution < 1.29 is 4.74 Å². The molecule has 2 heterocycles. The van der Waals surface area contributed by atoms with Gasteiger partial charge in [0.25, 0.3) is 0 Å². The zero-order valence-electron chi connectivity index (χ0n) is 13.6. The molecule has 1 aromatic heterocycles. The number of hydrogen-bond donors (Lipinski definition) is 0. The van der Waals surface area contributed by atoms with E-state index in [1.165, 1.54) is 19.3 Å². The van der Waals surface area contributed by atoms with Crippen LogP contribution in [0.25, 0.3) is 5.69 Å².